The second-order valence-electron chi connectivity index (χ2n) is 7.34. The zero-order valence-corrected chi connectivity index (χ0v) is 14.2. The Bertz CT molecular complexity index is 729. The van der Waals surface area contributed by atoms with Crippen LogP contribution in [0.1, 0.15) is 50.8 Å². The second kappa shape index (κ2) is 6.55. The average molecular weight is 327 g/mol. The van der Waals surface area contributed by atoms with Crippen molar-refractivity contribution in [3.05, 3.63) is 24.1 Å². The van der Waals surface area contributed by atoms with Gasteiger partial charge < -0.3 is 15.1 Å². The molecule has 2 N–H and O–H groups in total. The van der Waals surface area contributed by atoms with E-state index in [0.29, 0.717) is 24.2 Å². The lowest BCUT2D eigenvalue weighted by atomic mass is 9.85. The molecule has 2 atom stereocenters. The summed E-state index contributed by atoms with van der Waals surface area (Å²) >= 11 is 0. The van der Waals surface area contributed by atoms with Gasteiger partial charge in [-0.3, -0.25) is 4.79 Å². The Hall–Kier alpha value is -1.88. The highest BCUT2D eigenvalue weighted by atomic mass is 16.3. The number of aromatic nitrogens is 1. The molecule has 1 saturated carbocycles. The van der Waals surface area contributed by atoms with Gasteiger partial charge in [0.2, 0.25) is 5.91 Å². The predicted molar refractivity (Wildman–Crippen MR) is 94.0 cm³/mol. The van der Waals surface area contributed by atoms with Crippen LogP contribution in [0.3, 0.4) is 0 Å². The Morgan fingerprint density at radius 3 is 3.04 bits per heavy atom. The topological polar surface area (TPSA) is 67.2 Å². The minimum atomic E-state index is 0.0818. The average Bonchev–Trinajstić information content (AvgIpc) is 3.35. The molecule has 24 heavy (non-hydrogen) atoms. The van der Waals surface area contributed by atoms with Crippen LogP contribution in [0.4, 0.5) is 5.69 Å². The first-order valence-corrected chi connectivity index (χ1v) is 9.10. The van der Waals surface area contributed by atoms with Crippen LogP contribution in [0.15, 0.2) is 22.6 Å². The zero-order chi connectivity index (χ0) is 16.5. The Labute approximate surface area is 142 Å². The molecule has 1 aliphatic carbocycles. The Kier molecular flexibility index (Phi) is 4.27. The summed E-state index contributed by atoms with van der Waals surface area (Å²) in [6.07, 6.45) is 5.34. The molecule has 1 saturated heterocycles. The molecule has 1 aromatic heterocycles. The number of nitrogens with one attached hydrogen (secondary N) is 2. The van der Waals surface area contributed by atoms with Gasteiger partial charge in [0, 0.05) is 18.0 Å². The summed E-state index contributed by atoms with van der Waals surface area (Å²) in [4.78, 5) is 16.9. The number of hydrogen-bond acceptors (Lipinski definition) is 4. The summed E-state index contributed by atoms with van der Waals surface area (Å²) in [7, 11) is 0. The number of amides is 1. The third-order valence-electron chi connectivity index (χ3n) is 5.26. The summed E-state index contributed by atoms with van der Waals surface area (Å²) < 4.78 is 5.77. The monoisotopic (exact) mass is 327 g/mol. The van der Waals surface area contributed by atoms with E-state index in [-0.39, 0.29) is 5.91 Å². The molecule has 5 heteroatoms. The fourth-order valence-corrected chi connectivity index (χ4v) is 3.56. The van der Waals surface area contributed by atoms with Gasteiger partial charge in [-0.05, 0) is 68.8 Å². The van der Waals surface area contributed by atoms with Crippen LogP contribution < -0.4 is 10.6 Å². The van der Waals surface area contributed by atoms with Crippen molar-refractivity contribution in [2.75, 3.05) is 18.4 Å². The standard InChI is InChI=1S/C19H25N3O2/c1-12(14-3-2-8-20-11-14)9-18(23)21-15-6-7-17-16(10-15)22-19(24-17)13-4-5-13/h6-7,10,12-14,20H,2-5,8-9,11H2,1H3,(H,21,23). The normalized spacial score (nSPS) is 22.5. The van der Waals surface area contributed by atoms with Gasteiger partial charge in [0.15, 0.2) is 11.5 Å². The third-order valence-corrected chi connectivity index (χ3v) is 5.26. The van der Waals surface area contributed by atoms with Gasteiger partial charge in [-0.2, -0.15) is 0 Å². The van der Waals surface area contributed by atoms with Crippen LogP contribution in [0.5, 0.6) is 0 Å². The number of nitrogens with zero attached hydrogens (tertiary/aromatic N) is 1. The highest BCUT2D eigenvalue weighted by Gasteiger charge is 2.29. The summed E-state index contributed by atoms with van der Waals surface area (Å²) in [5, 5.41) is 6.44. The SMILES string of the molecule is CC(CC(=O)Nc1ccc2oc(C3CC3)nc2c1)C1CCCNC1. The summed E-state index contributed by atoms with van der Waals surface area (Å²) in [6, 6.07) is 5.71. The summed E-state index contributed by atoms with van der Waals surface area (Å²) in [5.74, 6) is 2.42. The molecule has 2 aromatic rings. The van der Waals surface area contributed by atoms with Crippen LogP contribution in [-0.4, -0.2) is 24.0 Å². The maximum absolute atomic E-state index is 12.3. The van der Waals surface area contributed by atoms with Gasteiger partial charge in [0.25, 0.3) is 0 Å². The number of anilines is 1. The summed E-state index contributed by atoms with van der Waals surface area (Å²) in [6.45, 7) is 4.32. The maximum atomic E-state index is 12.3. The number of piperidine rings is 1. The van der Waals surface area contributed by atoms with E-state index in [2.05, 4.69) is 22.5 Å². The van der Waals surface area contributed by atoms with E-state index in [1.165, 1.54) is 25.7 Å². The summed E-state index contributed by atoms with van der Waals surface area (Å²) in [5.41, 5.74) is 2.44. The molecule has 2 unspecified atom stereocenters. The fraction of sp³-hybridized carbons (Fsp3) is 0.579. The molecule has 1 amide bonds. The molecular weight excluding hydrogens is 302 g/mol. The fourth-order valence-electron chi connectivity index (χ4n) is 3.56. The van der Waals surface area contributed by atoms with E-state index < -0.39 is 0 Å². The largest absolute Gasteiger partial charge is 0.440 e. The van der Waals surface area contributed by atoms with Gasteiger partial charge >= 0.3 is 0 Å². The quantitative estimate of drug-likeness (QED) is 0.879. The second-order valence-corrected chi connectivity index (χ2v) is 7.34. The maximum Gasteiger partial charge on any atom is 0.224 e. The van der Waals surface area contributed by atoms with Crippen molar-refractivity contribution in [1.82, 2.24) is 10.3 Å². The molecular formula is C19H25N3O2. The first kappa shape index (κ1) is 15.6. The molecule has 2 aliphatic rings. The Morgan fingerprint density at radius 2 is 2.29 bits per heavy atom. The first-order chi connectivity index (χ1) is 11.7. The van der Waals surface area contributed by atoms with Crippen molar-refractivity contribution in [3.8, 4) is 0 Å². The highest BCUT2D eigenvalue weighted by Crippen LogP contribution is 2.40. The molecule has 2 fully saturated rings. The predicted octanol–water partition coefficient (Wildman–Crippen LogP) is 3.67. The van der Waals surface area contributed by atoms with E-state index in [9.17, 15) is 4.79 Å². The van der Waals surface area contributed by atoms with Crippen LogP contribution in [0, 0.1) is 11.8 Å². The lowest BCUT2D eigenvalue weighted by Crippen LogP contribution is -2.34. The van der Waals surface area contributed by atoms with Crippen LogP contribution in [0.25, 0.3) is 11.1 Å². The van der Waals surface area contributed by atoms with Crippen molar-refractivity contribution in [2.24, 2.45) is 11.8 Å². The van der Waals surface area contributed by atoms with Gasteiger partial charge in [-0.15, -0.1) is 0 Å². The van der Waals surface area contributed by atoms with Gasteiger partial charge in [-0.25, -0.2) is 4.98 Å². The Balaban J connectivity index is 1.38. The van der Waals surface area contributed by atoms with E-state index in [1.807, 2.05) is 18.2 Å². The highest BCUT2D eigenvalue weighted by molar-refractivity contribution is 5.92. The first-order valence-electron chi connectivity index (χ1n) is 9.10. The number of carbonyl (C=O) groups excluding carboxylic acids is 1. The molecule has 5 nitrogen and oxygen atoms in total. The number of oxazole rings is 1. The molecule has 0 spiro atoms. The molecule has 2 heterocycles. The van der Waals surface area contributed by atoms with Crippen molar-refractivity contribution in [3.63, 3.8) is 0 Å². The van der Waals surface area contributed by atoms with Crippen molar-refractivity contribution < 1.29 is 9.21 Å². The lowest BCUT2D eigenvalue weighted by Gasteiger charge is -2.28. The van der Waals surface area contributed by atoms with Gasteiger partial charge in [0.1, 0.15) is 5.52 Å². The smallest absolute Gasteiger partial charge is 0.224 e. The van der Waals surface area contributed by atoms with E-state index in [1.54, 1.807) is 0 Å². The van der Waals surface area contributed by atoms with Crippen molar-refractivity contribution in [2.45, 2.75) is 44.9 Å². The van der Waals surface area contributed by atoms with Crippen LogP contribution in [-0.2, 0) is 4.79 Å². The van der Waals surface area contributed by atoms with E-state index in [4.69, 9.17) is 4.42 Å². The molecule has 0 radical (unpaired) electrons. The third kappa shape index (κ3) is 3.46. The number of fused-ring (bicyclic) bond motifs is 1. The van der Waals surface area contributed by atoms with Crippen LogP contribution >= 0.6 is 0 Å². The minimum Gasteiger partial charge on any atom is -0.440 e. The molecule has 1 aromatic carbocycles. The van der Waals surface area contributed by atoms with Gasteiger partial charge in [-0.1, -0.05) is 6.92 Å². The molecule has 1 aliphatic heterocycles. The molecule has 4 rings (SSSR count). The van der Waals surface area contributed by atoms with Gasteiger partial charge in [0.05, 0.1) is 0 Å². The number of carbonyl (C=O) groups is 1. The number of hydrogen-bond donors (Lipinski definition) is 2. The molecule has 0 bridgehead atoms. The van der Waals surface area contributed by atoms with Crippen molar-refractivity contribution >= 4 is 22.7 Å². The minimum absolute atomic E-state index is 0.0818. The molecule has 128 valence electrons. The van der Waals surface area contributed by atoms with E-state index in [0.717, 1.165) is 35.8 Å². The zero-order valence-electron chi connectivity index (χ0n) is 14.2. The Morgan fingerprint density at radius 1 is 1.42 bits per heavy atom. The number of benzene rings is 1. The van der Waals surface area contributed by atoms with E-state index >= 15 is 0 Å². The van der Waals surface area contributed by atoms with Crippen molar-refractivity contribution in [1.29, 1.82) is 0 Å². The van der Waals surface area contributed by atoms with Crippen LogP contribution in [0.2, 0.25) is 0 Å². The number of rotatable bonds is 5. The lowest BCUT2D eigenvalue weighted by molar-refractivity contribution is -0.117.